The molecule has 2 amide bonds. The van der Waals surface area contributed by atoms with Gasteiger partial charge in [0.05, 0.1) is 13.2 Å². The monoisotopic (exact) mass is 376 g/mol. The lowest BCUT2D eigenvalue weighted by Crippen LogP contribution is -2.52. The smallest absolute Gasteiger partial charge is 0.252 e. The molecule has 2 heterocycles. The minimum Gasteiger partial charge on any atom is -0.395 e. The van der Waals surface area contributed by atoms with Gasteiger partial charge in [-0.25, -0.2) is 0 Å². The van der Waals surface area contributed by atoms with Crippen LogP contribution in [0.4, 0.5) is 0 Å². The summed E-state index contributed by atoms with van der Waals surface area (Å²) in [6.45, 7) is 6.33. The van der Waals surface area contributed by atoms with Crippen molar-refractivity contribution in [2.24, 2.45) is 0 Å². The fraction of sp³-hybridized carbons (Fsp3) is 0.875. The maximum Gasteiger partial charge on any atom is 0.252 e. The van der Waals surface area contributed by atoms with Crippen LogP contribution in [-0.4, -0.2) is 84.3 Å². The third-order valence-electron chi connectivity index (χ3n) is 3.92. The van der Waals surface area contributed by atoms with Crippen LogP contribution >= 0.6 is 0 Å². The number of hydrogen-bond donors (Lipinski definition) is 4. The molecule has 26 heavy (non-hydrogen) atoms. The molecule has 2 aliphatic heterocycles. The van der Waals surface area contributed by atoms with Gasteiger partial charge < -0.3 is 39.8 Å². The van der Waals surface area contributed by atoms with E-state index in [2.05, 4.69) is 10.6 Å². The predicted octanol–water partition coefficient (Wildman–Crippen LogP) is -1.76. The van der Waals surface area contributed by atoms with Crippen molar-refractivity contribution in [3.63, 3.8) is 0 Å². The number of amides is 2. The summed E-state index contributed by atoms with van der Waals surface area (Å²) < 4.78 is 23.1. The zero-order chi connectivity index (χ0) is 19.5. The molecule has 2 saturated heterocycles. The summed E-state index contributed by atoms with van der Waals surface area (Å²) in [7, 11) is 0. The number of aliphatic hydroxyl groups is 2. The molecule has 0 spiro atoms. The summed E-state index contributed by atoms with van der Waals surface area (Å²) in [6.07, 6.45) is -3.86. The Morgan fingerprint density at radius 2 is 1.12 bits per heavy atom. The SMILES string of the molecule is CC1(C)O[C@H]([C@@H]2OC(C)(C)O[C@H]2C(=O)NCCO)[C@@H](C(=O)NCCO)O1. The van der Waals surface area contributed by atoms with E-state index in [0.717, 1.165) is 0 Å². The summed E-state index contributed by atoms with van der Waals surface area (Å²) >= 11 is 0. The average Bonchev–Trinajstić information content (AvgIpc) is 3.06. The molecule has 4 atom stereocenters. The standard InChI is InChI=1S/C16H28N2O8/c1-15(2)23-9(11(25-15)13(21)17-5-7-19)10-12(14(22)18-6-8-20)26-16(3,4)24-10/h9-12,19-20H,5-8H2,1-4H3,(H,17,21)(H,18,22)/t9-,10+,11+,12-. The van der Waals surface area contributed by atoms with Gasteiger partial charge in [0.15, 0.2) is 23.8 Å². The molecule has 0 unspecified atom stereocenters. The van der Waals surface area contributed by atoms with Crippen molar-refractivity contribution in [3.8, 4) is 0 Å². The van der Waals surface area contributed by atoms with Gasteiger partial charge in [-0.1, -0.05) is 0 Å². The van der Waals surface area contributed by atoms with E-state index >= 15 is 0 Å². The van der Waals surface area contributed by atoms with Gasteiger partial charge >= 0.3 is 0 Å². The molecule has 10 heteroatoms. The summed E-state index contributed by atoms with van der Waals surface area (Å²) in [5, 5.41) is 22.9. The third-order valence-corrected chi connectivity index (χ3v) is 3.92. The van der Waals surface area contributed by atoms with E-state index in [4.69, 9.17) is 29.2 Å². The lowest BCUT2D eigenvalue weighted by atomic mass is 10.0. The molecule has 0 aromatic rings. The Balaban J connectivity index is 2.22. The zero-order valence-corrected chi connectivity index (χ0v) is 15.5. The Morgan fingerprint density at radius 1 is 0.769 bits per heavy atom. The van der Waals surface area contributed by atoms with Gasteiger partial charge in [0.25, 0.3) is 11.8 Å². The van der Waals surface area contributed by atoms with E-state index in [-0.39, 0.29) is 26.3 Å². The van der Waals surface area contributed by atoms with E-state index in [1.807, 2.05) is 0 Å². The summed E-state index contributed by atoms with van der Waals surface area (Å²) in [6, 6.07) is 0. The first-order chi connectivity index (χ1) is 12.1. The molecular weight excluding hydrogens is 348 g/mol. The molecule has 10 nitrogen and oxygen atoms in total. The van der Waals surface area contributed by atoms with E-state index in [1.54, 1.807) is 27.7 Å². The highest BCUT2D eigenvalue weighted by molar-refractivity contribution is 5.84. The number of hydrogen-bond acceptors (Lipinski definition) is 8. The van der Waals surface area contributed by atoms with E-state index in [0.29, 0.717) is 0 Å². The van der Waals surface area contributed by atoms with Crippen molar-refractivity contribution in [1.29, 1.82) is 0 Å². The van der Waals surface area contributed by atoms with E-state index in [9.17, 15) is 9.59 Å². The van der Waals surface area contributed by atoms with Gasteiger partial charge in [-0.05, 0) is 27.7 Å². The molecule has 0 radical (unpaired) electrons. The van der Waals surface area contributed by atoms with Gasteiger partial charge in [-0.15, -0.1) is 0 Å². The Kier molecular flexibility index (Phi) is 6.59. The van der Waals surface area contributed by atoms with Crippen molar-refractivity contribution in [2.75, 3.05) is 26.3 Å². The van der Waals surface area contributed by atoms with Gasteiger partial charge in [0, 0.05) is 13.1 Å². The maximum atomic E-state index is 12.4. The third kappa shape index (κ3) is 4.90. The predicted molar refractivity (Wildman–Crippen MR) is 87.8 cm³/mol. The van der Waals surface area contributed by atoms with E-state index in [1.165, 1.54) is 0 Å². The average molecular weight is 376 g/mol. The maximum absolute atomic E-state index is 12.4. The molecule has 0 saturated carbocycles. The van der Waals surface area contributed by atoms with Crippen molar-refractivity contribution in [1.82, 2.24) is 10.6 Å². The Labute approximate surface area is 152 Å². The highest BCUT2D eigenvalue weighted by Gasteiger charge is 2.57. The second-order valence-electron chi connectivity index (χ2n) is 7.07. The minimum atomic E-state index is -1.06. The first kappa shape index (κ1) is 21.0. The highest BCUT2D eigenvalue weighted by atomic mass is 16.8. The summed E-state index contributed by atoms with van der Waals surface area (Å²) in [5.74, 6) is -3.07. The second-order valence-corrected chi connectivity index (χ2v) is 7.07. The molecule has 2 fully saturated rings. The number of carbonyl (C=O) groups excluding carboxylic acids is 2. The van der Waals surface area contributed by atoms with Crippen molar-refractivity contribution in [2.45, 2.75) is 63.7 Å². The van der Waals surface area contributed by atoms with Crippen LogP contribution in [0, 0.1) is 0 Å². The number of nitrogens with one attached hydrogen (secondary N) is 2. The molecule has 150 valence electrons. The molecule has 0 bridgehead atoms. The fourth-order valence-corrected chi connectivity index (χ4v) is 3.02. The molecule has 2 rings (SSSR count). The Morgan fingerprint density at radius 3 is 1.42 bits per heavy atom. The molecule has 4 N–H and O–H groups in total. The quantitative estimate of drug-likeness (QED) is 0.411. The highest BCUT2D eigenvalue weighted by Crippen LogP contribution is 2.38. The van der Waals surface area contributed by atoms with Crippen LogP contribution in [0.2, 0.25) is 0 Å². The first-order valence-corrected chi connectivity index (χ1v) is 8.58. The number of rotatable bonds is 7. The summed E-state index contributed by atoms with van der Waals surface area (Å²) in [5.41, 5.74) is 0. The largest absolute Gasteiger partial charge is 0.395 e. The van der Waals surface area contributed by atoms with Gasteiger partial charge in [0.1, 0.15) is 12.2 Å². The van der Waals surface area contributed by atoms with Crippen LogP contribution in [0.15, 0.2) is 0 Å². The number of aliphatic hydroxyl groups excluding tert-OH is 2. The van der Waals surface area contributed by atoms with Crippen molar-refractivity contribution < 1.29 is 38.7 Å². The van der Waals surface area contributed by atoms with Crippen LogP contribution in [0.5, 0.6) is 0 Å². The Bertz CT molecular complexity index is 478. The molecule has 0 aromatic heterocycles. The van der Waals surface area contributed by atoms with Crippen molar-refractivity contribution in [3.05, 3.63) is 0 Å². The fourth-order valence-electron chi connectivity index (χ4n) is 3.02. The second kappa shape index (κ2) is 8.15. The molecule has 0 aromatic carbocycles. The van der Waals surface area contributed by atoms with E-state index < -0.39 is 47.8 Å². The molecule has 2 aliphatic rings. The van der Waals surface area contributed by atoms with Crippen molar-refractivity contribution >= 4 is 11.8 Å². The first-order valence-electron chi connectivity index (χ1n) is 8.58. The van der Waals surface area contributed by atoms with Crippen LogP contribution in [0.3, 0.4) is 0 Å². The van der Waals surface area contributed by atoms with Crippen LogP contribution in [-0.2, 0) is 28.5 Å². The van der Waals surface area contributed by atoms with Gasteiger partial charge in [-0.2, -0.15) is 0 Å². The lowest BCUT2D eigenvalue weighted by Gasteiger charge is -2.25. The van der Waals surface area contributed by atoms with Gasteiger partial charge in [-0.3, -0.25) is 9.59 Å². The summed E-state index contributed by atoms with van der Waals surface area (Å²) in [4.78, 5) is 24.8. The number of ether oxygens (including phenoxy) is 4. The topological polar surface area (TPSA) is 136 Å². The minimum absolute atomic E-state index is 0.0692. The Hall–Kier alpha value is -1.30. The van der Waals surface area contributed by atoms with Crippen LogP contribution < -0.4 is 10.6 Å². The van der Waals surface area contributed by atoms with Crippen LogP contribution in [0.1, 0.15) is 27.7 Å². The molecule has 0 aliphatic carbocycles. The van der Waals surface area contributed by atoms with Gasteiger partial charge in [0.2, 0.25) is 0 Å². The zero-order valence-electron chi connectivity index (χ0n) is 15.5. The van der Waals surface area contributed by atoms with Crippen LogP contribution in [0.25, 0.3) is 0 Å². The number of carbonyl (C=O) groups is 2. The molecular formula is C16H28N2O8. The normalized spacial score (nSPS) is 32.4. The lowest BCUT2D eigenvalue weighted by molar-refractivity contribution is -0.175.